The predicted molar refractivity (Wildman–Crippen MR) is 59.1 cm³/mol. The number of carbonyl (C=O) groups is 2. The van der Waals surface area contributed by atoms with Crippen LogP contribution in [-0.2, 0) is 9.59 Å². The minimum atomic E-state index is -4.61. The molecule has 10 heteroatoms. The van der Waals surface area contributed by atoms with E-state index < -0.39 is 56.1 Å². The molecule has 1 unspecified atom stereocenters. The van der Waals surface area contributed by atoms with Crippen molar-refractivity contribution in [1.82, 2.24) is 9.80 Å². The zero-order valence-corrected chi connectivity index (χ0v) is 11.1. The van der Waals surface area contributed by atoms with Crippen LogP contribution in [0.2, 0.25) is 0 Å². The molecule has 0 bridgehead atoms. The average molecular weight is 320 g/mol. The Labute approximate surface area is 116 Å². The van der Waals surface area contributed by atoms with Crippen molar-refractivity contribution < 1.29 is 35.9 Å². The van der Waals surface area contributed by atoms with Crippen LogP contribution in [-0.4, -0.2) is 60.1 Å². The highest BCUT2D eigenvalue weighted by Crippen LogP contribution is 2.26. The quantitative estimate of drug-likeness (QED) is 0.741. The van der Waals surface area contributed by atoms with Crippen molar-refractivity contribution in [1.29, 1.82) is 0 Å². The summed E-state index contributed by atoms with van der Waals surface area (Å²) in [6.45, 7) is -2.39. The molecule has 0 saturated carbocycles. The van der Waals surface area contributed by atoms with Gasteiger partial charge in [0, 0.05) is 19.5 Å². The van der Waals surface area contributed by atoms with Gasteiger partial charge in [0.2, 0.25) is 11.8 Å². The van der Waals surface area contributed by atoms with E-state index in [4.69, 9.17) is 0 Å². The minimum absolute atomic E-state index is 0.234. The summed E-state index contributed by atoms with van der Waals surface area (Å²) in [5.74, 6) is -3.00. The first-order chi connectivity index (χ1) is 9.43. The van der Waals surface area contributed by atoms with Crippen molar-refractivity contribution in [3.05, 3.63) is 0 Å². The summed E-state index contributed by atoms with van der Waals surface area (Å²) >= 11 is 0. The molecule has 1 aliphatic heterocycles. The molecule has 0 N–H and O–H groups in total. The molecule has 0 aliphatic carbocycles. The number of nitrogens with zero attached hydrogens (tertiary/aromatic N) is 2. The third-order valence-electron chi connectivity index (χ3n) is 3.00. The Kier molecular flexibility index (Phi) is 5.11. The van der Waals surface area contributed by atoms with Crippen molar-refractivity contribution >= 4 is 11.8 Å². The fourth-order valence-corrected chi connectivity index (χ4v) is 2.13. The number of amides is 2. The van der Waals surface area contributed by atoms with Gasteiger partial charge in [-0.3, -0.25) is 9.59 Å². The van der Waals surface area contributed by atoms with E-state index in [9.17, 15) is 35.9 Å². The molecule has 1 heterocycles. The Bertz CT molecular complexity index is 406. The van der Waals surface area contributed by atoms with Crippen LogP contribution in [0, 0.1) is 5.92 Å². The fourth-order valence-electron chi connectivity index (χ4n) is 2.13. The Morgan fingerprint density at radius 1 is 1.24 bits per heavy atom. The second-order valence-electron chi connectivity index (χ2n) is 4.76. The lowest BCUT2D eigenvalue weighted by Gasteiger charge is -2.25. The van der Waals surface area contributed by atoms with Crippen molar-refractivity contribution in [2.45, 2.75) is 25.7 Å². The van der Waals surface area contributed by atoms with Crippen LogP contribution in [0.5, 0.6) is 0 Å². The van der Waals surface area contributed by atoms with E-state index in [0.29, 0.717) is 9.80 Å². The molecular formula is C11H14F6N2O2. The van der Waals surface area contributed by atoms with Crippen molar-refractivity contribution in [3.8, 4) is 0 Å². The number of likely N-dealkylation sites (tertiary alicyclic amines) is 1. The van der Waals surface area contributed by atoms with Gasteiger partial charge < -0.3 is 9.80 Å². The average Bonchev–Trinajstić information content (AvgIpc) is 2.63. The van der Waals surface area contributed by atoms with E-state index in [1.165, 1.54) is 6.92 Å². The van der Waals surface area contributed by atoms with Gasteiger partial charge in [-0.15, -0.1) is 0 Å². The maximum atomic E-state index is 12.3. The summed E-state index contributed by atoms with van der Waals surface area (Å²) in [5, 5.41) is 0. The van der Waals surface area contributed by atoms with Gasteiger partial charge in [0.1, 0.15) is 13.1 Å². The third kappa shape index (κ3) is 5.43. The summed E-state index contributed by atoms with van der Waals surface area (Å²) in [5.41, 5.74) is 0. The highest BCUT2D eigenvalue weighted by molar-refractivity contribution is 5.89. The summed E-state index contributed by atoms with van der Waals surface area (Å²) in [7, 11) is 0. The van der Waals surface area contributed by atoms with Crippen LogP contribution in [0.1, 0.15) is 13.3 Å². The van der Waals surface area contributed by atoms with E-state index in [0.717, 1.165) is 0 Å². The van der Waals surface area contributed by atoms with Gasteiger partial charge in [-0.25, -0.2) is 0 Å². The summed E-state index contributed by atoms with van der Waals surface area (Å²) < 4.78 is 73.5. The number of hydrogen-bond acceptors (Lipinski definition) is 2. The first kappa shape index (κ1) is 17.6. The first-order valence-electron chi connectivity index (χ1n) is 6.13. The van der Waals surface area contributed by atoms with Crippen LogP contribution >= 0.6 is 0 Å². The molecule has 1 aliphatic rings. The summed E-state index contributed by atoms with van der Waals surface area (Å²) in [6, 6.07) is 0. The molecule has 0 aromatic heterocycles. The Morgan fingerprint density at radius 3 is 2.24 bits per heavy atom. The van der Waals surface area contributed by atoms with Gasteiger partial charge in [0.25, 0.3) is 0 Å². The highest BCUT2D eigenvalue weighted by atomic mass is 19.4. The molecule has 0 spiro atoms. The Hall–Kier alpha value is -1.48. The van der Waals surface area contributed by atoms with Crippen LogP contribution < -0.4 is 0 Å². The van der Waals surface area contributed by atoms with Gasteiger partial charge >= 0.3 is 12.4 Å². The van der Waals surface area contributed by atoms with Crippen molar-refractivity contribution in [2.24, 2.45) is 5.92 Å². The normalized spacial score (nSPS) is 20.0. The van der Waals surface area contributed by atoms with E-state index >= 15 is 0 Å². The maximum absolute atomic E-state index is 12.3. The van der Waals surface area contributed by atoms with Gasteiger partial charge in [-0.05, 0) is 6.92 Å². The number of carbonyl (C=O) groups excluding carboxylic acids is 2. The third-order valence-corrected chi connectivity index (χ3v) is 3.00. The second-order valence-corrected chi connectivity index (χ2v) is 4.76. The lowest BCUT2D eigenvalue weighted by molar-refractivity contribution is -0.163. The zero-order chi connectivity index (χ0) is 16.4. The molecule has 1 atom stereocenters. The molecule has 1 saturated heterocycles. The SMILES string of the molecule is CCN(CC(F)(F)F)C(=O)C1CC(=O)N(CC(F)(F)F)C1. The minimum Gasteiger partial charge on any atom is -0.334 e. The van der Waals surface area contributed by atoms with Crippen LogP contribution in [0.3, 0.4) is 0 Å². The Balaban J connectivity index is 2.69. The van der Waals surface area contributed by atoms with E-state index in [1.807, 2.05) is 0 Å². The van der Waals surface area contributed by atoms with Gasteiger partial charge in [0.05, 0.1) is 5.92 Å². The largest absolute Gasteiger partial charge is 0.406 e. The lowest BCUT2D eigenvalue weighted by atomic mass is 10.1. The van der Waals surface area contributed by atoms with Crippen molar-refractivity contribution in [3.63, 3.8) is 0 Å². The van der Waals surface area contributed by atoms with E-state index in [-0.39, 0.29) is 6.54 Å². The van der Waals surface area contributed by atoms with Gasteiger partial charge in [-0.1, -0.05) is 0 Å². The number of halogens is 6. The van der Waals surface area contributed by atoms with Crippen LogP contribution in [0.15, 0.2) is 0 Å². The first-order valence-corrected chi connectivity index (χ1v) is 6.13. The summed E-state index contributed by atoms with van der Waals surface area (Å²) in [4.78, 5) is 24.2. The number of rotatable bonds is 4. The molecule has 0 aromatic rings. The molecule has 4 nitrogen and oxygen atoms in total. The summed E-state index contributed by atoms with van der Waals surface area (Å²) in [6.07, 6.45) is -9.70. The molecule has 1 fully saturated rings. The van der Waals surface area contributed by atoms with Crippen LogP contribution in [0.4, 0.5) is 26.3 Å². The molecule has 1 rings (SSSR count). The van der Waals surface area contributed by atoms with Crippen molar-refractivity contribution in [2.75, 3.05) is 26.2 Å². The molecule has 122 valence electrons. The molecule has 2 amide bonds. The molecular weight excluding hydrogens is 306 g/mol. The van der Waals surface area contributed by atoms with E-state index in [1.54, 1.807) is 0 Å². The van der Waals surface area contributed by atoms with E-state index in [2.05, 4.69) is 0 Å². The highest BCUT2D eigenvalue weighted by Gasteiger charge is 2.43. The zero-order valence-electron chi connectivity index (χ0n) is 11.1. The number of alkyl halides is 6. The predicted octanol–water partition coefficient (Wildman–Crippen LogP) is 1.81. The fraction of sp³-hybridized carbons (Fsp3) is 0.818. The van der Waals surface area contributed by atoms with Gasteiger partial charge in [-0.2, -0.15) is 26.3 Å². The second kappa shape index (κ2) is 6.10. The lowest BCUT2D eigenvalue weighted by Crippen LogP contribution is -2.43. The molecule has 21 heavy (non-hydrogen) atoms. The smallest absolute Gasteiger partial charge is 0.334 e. The number of hydrogen-bond donors (Lipinski definition) is 0. The molecule has 0 radical (unpaired) electrons. The van der Waals surface area contributed by atoms with Gasteiger partial charge in [0.15, 0.2) is 0 Å². The Morgan fingerprint density at radius 2 is 1.81 bits per heavy atom. The topological polar surface area (TPSA) is 40.6 Å². The standard InChI is InChI=1S/C11H14F6N2O2/c1-2-18(5-10(12,13)14)9(21)7-3-8(20)19(4-7)6-11(15,16)17/h7H,2-6H2,1H3. The maximum Gasteiger partial charge on any atom is 0.406 e. The molecule has 0 aromatic carbocycles. The monoisotopic (exact) mass is 320 g/mol. The van der Waals surface area contributed by atoms with Crippen LogP contribution in [0.25, 0.3) is 0 Å².